The Hall–Kier alpha value is -6.36. The molecule has 0 heterocycles. The topological polar surface area (TPSA) is 0 Å². The minimum Gasteiger partial charge on any atom is -0.115 e. The molecule has 262 valence electrons. The first-order chi connectivity index (χ1) is 26.8. The molecule has 9 aromatic carbocycles. The summed E-state index contributed by atoms with van der Waals surface area (Å²) in [6, 6.07) is 52.6. The quantitative estimate of drug-likeness (QED) is 0.0671. The number of fused-ring (bicyclic) bond motifs is 2. The zero-order valence-electron chi connectivity index (χ0n) is 32.3. The molecule has 0 saturated carbocycles. The Morgan fingerprint density at radius 2 is 1.11 bits per heavy atom. The second-order valence-corrected chi connectivity index (χ2v) is 15.6. The number of hydrogen-bond donors (Lipinski definition) is 0. The van der Waals surface area contributed by atoms with E-state index in [1.54, 1.807) is 0 Å². The molecule has 0 aromatic heterocycles. The summed E-state index contributed by atoms with van der Waals surface area (Å²) < 4.78 is 0. The van der Waals surface area contributed by atoms with Gasteiger partial charge in [-0.05, 0) is 141 Å². The molecule has 9 rings (SSSR count). The van der Waals surface area contributed by atoms with Gasteiger partial charge in [-0.1, -0.05) is 173 Å². The highest BCUT2D eigenvalue weighted by molar-refractivity contribution is 6.88. The van der Waals surface area contributed by atoms with Crippen LogP contribution in [0.1, 0.15) is 30.5 Å². The number of aryl methyl sites for hydroxylation is 3. The van der Waals surface area contributed by atoms with E-state index >= 15 is 0 Å². The van der Waals surface area contributed by atoms with E-state index in [0.717, 1.165) is 11.9 Å². The highest BCUT2D eigenvalue weighted by atomic mass is 14.2. The minimum atomic E-state index is 0.124. The van der Waals surface area contributed by atoms with Gasteiger partial charge in [0.25, 0.3) is 0 Å². The van der Waals surface area contributed by atoms with Gasteiger partial charge in [0.1, 0.15) is 0 Å². The van der Waals surface area contributed by atoms with Crippen molar-refractivity contribution in [2.24, 2.45) is 0 Å². The summed E-state index contributed by atoms with van der Waals surface area (Å²) >= 11 is 0. The lowest BCUT2D eigenvalue weighted by Gasteiger charge is -2.25. The molecule has 1 heteroatoms. The summed E-state index contributed by atoms with van der Waals surface area (Å²) in [4.78, 5) is 0. The predicted octanol–water partition coefficient (Wildman–Crippen LogP) is 13.3. The monoisotopic (exact) mass is 702 g/mol. The molecule has 0 unspecified atom stereocenters. The average Bonchev–Trinajstić information content (AvgIpc) is 3.18. The molecule has 0 aliphatic carbocycles. The third-order valence-corrected chi connectivity index (χ3v) is 11.7. The Kier molecular flexibility index (Phi) is 8.64. The van der Waals surface area contributed by atoms with Crippen molar-refractivity contribution in [2.45, 2.75) is 40.9 Å². The van der Waals surface area contributed by atoms with Crippen molar-refractivity contribution in [1.82, 2.24) is 0 Å². The van der Waals surface area contributed by atoms with Gasteiger partial charge in [0, 0.05) is 0 Å². The summed E-state index contributed by atoms with van der Waals surface area (Å²) in [5.74, 6) is 2.72. The molecule has 0 bridgehead atoms. The van der Waals surface area contributed by atoms with E-state index in [0.29, 0.717) is 0 Å². The predicted molar refractivity (Wildman–Crippen MR) is 243 cm³/mol. The van der Waals surface area contributed by atoms with Crippen LogP contribution in [0.5, 0.6) is 0 Å². The first kappa shape index (κ1) is 34.4. The third kappa shape index (κ3) is 6.09. The fourth-order valence-electron chi connectivity index (χ4n) is 9.47. The van der Waals surface area contributed by atoms with Crippen molar-refractivity contribution in [3.63, 3.8) is 0 Å². The zero-order chi connectivity index (χ0) is 37.8. The molecule has 0 N–H and O–H groups in total. The molecule has 0 atom stereocenters. The lowest BCUT2D eigenvalue weighted by atomic mass is 9.35. The van der Waals surface area contributed by atoms with Crippen molar-refractivity contribution in [3.8, 4) is 34.6 Å². The van der Waals surface area contributed by atoms with Gasteiger partial charge in [0.15, 0.2) is 0 Å². The van der Waals surface area contributed by atoms with Crippen LogP contribution in [0.4, 0.5) is 0 Å². The second kappa shape index (κ2) is 13.8. The van der Waals surface area contributed by atoms with E-state index in [1.807, 2.05) is 6.08 Å². The van der Waals surface area contributed by atoms with E-state index in [9.17, 15) is 0 Å². The van der Waals surface area contributed by atoms with E-state index < -0.39 is 0 Å². The smallest absolute Gasteiger partial charge is 0.115 e. The molecule has 0 aliphatic rings. The number of terminal acetylenes is 1. The van der Waals surface area contributed by atoms with Gasteiger partial charge in [-0.2, -0.15) is 0 Å². The van der Waals surface area contributed by atoms with Crippen LogP contribution in [0.3, 0.4) is 0 Å². The summed E-state index contributed by atoms with van der Waals surface area (Å²) in [5, 5.41) is 12.9. The number of rotatable bonds is 7. The normalized spacial score (nSPS) is 12.4. The molecule has 0 amide bonds. The summed E-state index contributed by atoms with van der Waals surface area (Å²) in [6.45, 7) is 11.3. The average molecular weight is 703 g/mol. The SMILES string of the molecule is C#C/C=C(C)\C=C(\C)CB(c1c(C)cc(C)cc1C)c1cc(-c2ccc3ccccc3c2)c2ccc3ccc(-c4ccc5ccccc5c4)c4ccc1c2c34. The molecule has 0 radical (unpaired) electrons. The summed E-state index contributed by atoms with van der Waals surface area (Å²) in [5.41, 5.74) is 14.2. The third-order valence-electron chi connectivity index (χ3n) is 11.7. The number of allylic oxidation sites excluding steroid dienone is 4. The Morgan fingerprint density at radius 1 is 0.564 bits per heavy atom. The molecule has 55 heavy (non-hydrogen) atoms. The van der Waals surface area contributed by atoms with Gasteiger partial charge in [-0.25, -0.2) is 0 Å². The summed E-state index contributed by atoms with van der Waals surface area (Å²) in [7, 11) is 0. The maximum absolute atomic E-state index is 5.70. The fourth-order valence-corrected chi connectivity index (χ4v) is 9.47. The van der Waals surface area contributed by atoms with Crippen LogP contribution in [0, 0.1) is 33.1 Å². The van der Waals surface area contributed by atoms with E-state index in [4.69, 9.17) is 6.42 Å². The minimum absolute atomic E-state index is 0.124. The van der Waals surface area contributed by atoms with Crippen molar-refractivity contribution in [1.29, 1.82) is 0 Å². The second-order valence-electron chi connectivity index (χ2n) is 15.6. The van der Waals surface area contributed by atoms with Gasteiger partial charge in [-0.15, -0.1) is 6.42 Å². The van der Waals surface area contributed by atoms with Gasteiger partial charge in [0.05, 0.1) is 0 Å². The fraction of sp³-hybridized carbons (Fsp3) is 0.111. The first-order valence-corrected chi connectivity index (χ1v) is 19.4. The van der Waals surface area contributed by atoms with Crippen molar-refractivity contribution < 1.29 is 0 Å². The Labute approximate surface area is 325 Å². The van der Waals surface area contributed by atoms with Crippen molar-refractivity contribution >= 4 is 71.5 Å². The van der Waals surface area contributed by atoms with Crippen LogP contribution < -0.4 is 10.9 Å². The molecular formula is C54H43B. The van der Waals surface area contributed by atoms with E-state index in [1.165, 1.54) is 109 Å². The highest BCUT2D eigenvalue weighted by Gasteiger charge is 2.28. The van der Waals surface area contributed by atoms with Gasteiger partial charge < -0.3 is 0 Å². The molecular weight excluding hydrogens is 659 g/mol. The van der Waals surface area contributed by atoms with Gasteiger partial charge >= 0.3 is 0 Å². The Morgan fingerprint density at radius 3 is 1.76 bits per heavy atom. The van der Waals surface area contributed by atoms with Crippen LogP contribution in [-0.2, 0) is 0 Å². The van der Waals surface area contributed by atoms with E-state index in [2.05, 4.69) is 186 Å². The Balaban J connectivity index is 1.39. The van der Waals surface area contributed by atoms with Crippen molar-refractivity contribution in [3.05, 3.63) is 180 Å². The van der Waals surface area contributed by atoms with E-state index in [-0.39, 0.29) is 6.71 Å². The number of hydrogen-bond acceptors (Lipinski definition) is 0. The lowest BCUT2D eigenvalue weighted by Crippen LogP contribution is -2.45. The van der Waals surface area contributed by atoms with Crippen LogP contribution in [0.2, 0.25) is 6.32 Å². The van der Waals surface area contributed by atoms with Crippen LogP contribution in [-0.4, -0.2) is 6.71 Å². The van der Waals surface area contributed by atoms with Crippen LogP contribution >= 0.6 is 0 Å². The molecule has 9 aromatic rings. The molecule has 0 saturated heterocycles. The highest BCUT2D eigenvalue weighted by Crippen LogP contribution is 2.43. The molecule has 0 nitrogen and oxygen atoms in total. The molecule has 0 aliphatic heterocycles. The molecule has 0 fully saturated rings. The van der Waals surface area contributed by atoms with Crippen molar-refractivity contribution in [2.75, 3.05) is 0 Å². The first-order valence-electron chi connectivity index (χ1n) is 19.4. The van der Waals surface area contributed by atoms with Crippen LogP contribution in [0.15, 0.2) is 163 Å². The number of benzene rings is 9. The summed E-state index contributed by atoms with van der Waals surface area (Å²) in [6.07, 6.45) is 10.7. The Bertz CT molecular complexity index is 3050. The van der Waals surface area contributed by atoms with Gasteiger partial charge in [0.2, 0.25) is 6.71 Å². The zero-order valence-corrected chi connectivity index (χ0v) is 32.3. The van der Waals surface area contributed by atoms with Gasteiger partial charge in [-0.3, -0.25) is 0 Å². The molecule has 0 spiro atoms. The maximum atomic E-state index is 5.70. The largest absolute Gasteiger partial charge is 0.214 e. The standard InChI is InChI=1S/C54H43B/c1-7-12-34(2)27-36(4)33-55(54-37(5)28-35(3)29-38(54)6)51-32-50(45-20-18-40-14-9-11-16-43(40)31-45)48-24-22-41-21-23-46(47-25-26-49(51)53(48)52(41)47)44-19-17-39-13-8-10-15-42(39)30-44/h1,8-32H,33H2,2-6H3/b34-12-,36-27-. The lowest BCUT2D eigenvalue weighted by molar-refractivity contribution is 1.31. The van der Waals surface area contributed by atoms with Crippen LogP contribution in [0.25, 0.3) is 76.1 Å². The maximum Gasteiger partial charge on any atom is 0.214 e.